The molecule has 0 aliphatic heterocycles. The molecule has 1 aliphatic carbocycles. The SMILES string of the molecule is Nc1nc(N)nc(C2CC2)n1. The lowest BCUT2D eigenvalue weighted by atomic mass is 10.4. The molecule has 0 aromatic carbocycles. The number of rotatable bonds is 1. The molecule has 1 fully saturated rings. The van der Waals surface area contributed by atoms with Gasteiger partial charge in [-0.3, -0.25) is 0 Å². The van der Waals surface area contributed by atoms with E-state index in [0.29, 0.717) is 5.92 Å². The lowest BCUT2D eigenvalue weighted by Gasteiger charge is -1.98. The third-order valence-electron chi connectivity index (χ3n) is 1.63. The average molecular weight is 151 g/mol. The molecule has 0 amide bonds. The Morgan fingerprint density at radius 2 is 1.55 bits per heavy atom. The van der Waals surface area contributed by atoms with Gasteiger partial charge in [0.15, 0.2) is 0 Å². The Bertz CT molecular complexity index is 260. The van der Waals surface area contributed by atoms with Gasteiger partial charge >= 0.3 is 0 Å². The second-order valence-corrected chi connectivity index (χ2v) is 2.68. The highest BCUT2D eigenvalue weighted by molar-refractivity contribution is 5.27. The van der Waals surface area contributed by atoms with E-state index in [1.54, 1.807) is 0 Å². The van der Waals surface area contributed by atoms with Crippen LogP contribution < -0.4 is 11.5 Å². The van der Waals surface area contributed by atoms with E-state index in [9.17, 15) is 0 Å². The van der Waals surface area contributed by atoms with E-state index in [1.165, 1.54) is 0 Å². The molecule has 0 unspecified atom stereocenters. The number of hydrogen-bond donors (Lipinski definition) is 2. The van der Waals surface area contributed by atoms with Crippen LogP contribution in [-0.2, 0) is 0 Å². The maximum absolute atomic E-state index is 5.38. The minimum Gasteiger partial charge on any atom is -0.368 e. The summed E-state index contributed by atoms with van der Waals surface area (Å²) in [6.07, 6.45) is 2.28. The molecule has 5 nitrogen and oxygen atoms in total. The molecule has 0 atom stereocenters. The van der Waals surface area contributed by atoms with E-state index in [1.807, 2.05) is 0 Å². The maximum Gasteiger partial charge on any atom is 0.225 e. The molecule has 0 bridgehead atoms. The highest BCUT2D eigenvalue weighted by Gasteiger charge is 2.27. The molecule has 0 spiro atoms. The molecule has 4 N–H and O–H groups in total. The lowest BCUT2D eigenvalue weighted by Crippen LogP contribution is -2.05. The van der Waals surface area contributed by atoms with E-state index in [2.05, 4.69) is 15.0 Å². The van der Waals surface area contributed by atoms with E-state index >= 15 is 0 Å². The summed E-state index contributed by atoms with van der Waals surface area (Å²) >= 11 is 0. The number of nitrogens with zero attached hydrogens (tertiary/aromatic N) is 3. The van der Waals surface area contributed by atoms with Gasteiger partial charge in [-0.1, -0.05) is 0 Å². The molecule has 0 saturated heterocycles. The first-order chi connectivity index (χ1) is 5.25. The molecule has 1 saturated carbocycles. The minimum atomic E-state index is 0.222. The predicted molar refractivity (Wildman–Crippen MR) is 40.6 cm³/mol. The summed E-state index contributed by atoms with van der Waals surface area (Å²) in [5.41, 5.74) is 10.8. The molecule has 1 aliphatic rings. The van der Waals surface area contributed by atoms with Gasteiger partial charge in [-0.15, -0.1) is 0 Å². The molecular weight excluding hydrogens is 142 g/mol. The zero-order valence-corrected chi connectivity index (χ0v) is 5.99. The van der Waals surface area contributed by atoms with Gasteiger partial charge in [-0.25, -0.2) is 0 Å². The maximum atomic E-state index is 5.38. The second kappa shape index (κ2) is 2.05. The quantitative estimate of drug-likeness (QED) is 0.585. The number of nitrogen functional groups attached to an aromatic ring is 2. The number of nitrogens with two attached hydrogens (primary N) is 2. The first kappa shape index (κ1) is 6.33. The van der Waals surface area contributed by atoms with Crippen LogP contribution in [0.1, 0.15) is 24.6 Å². The highest BCUT2D eigenvalue weighted by Crippen LogP contribution is 2.38. The summed E-state index contributed by atoms with van der Waals surface area (Å²) in [5, 5.41) is 0. The Morgan fingerprint density at radius 1 is 1.00 bits per heavy atom. The van der Waals surface area contributed by atoms with Crippen molar-refractivity contribution in [1.82, 2.24) is 15.0 Å². The Balaban J connectivity index is 2.39. The lowest BCUT2D eigenvalue weighted by molar-refractivity contribution is 0.905. The smallest absolute Gasteiger partial charge is 0.225 e. The minimum absolute atomic E-state index is 0.222. The van der Waals surface area contributed by atoms with Crippen molar-refractivity contribution < 1.29 is 0 Å². The first-order valence-corrected chi connectivity index (χ1v) is 3.52. The molecule has 11 heavy (non-hydrogen) atoms. The Labute approximate surface area is 63.9 Å². The van der Waals surface area contributed by atoms with Crippen molar-refractivity contribution in [2.24, 2.45) is 0 Å². The largest absolute Gasteiger partial charge is 0.368 e. The zero-order chi connectivity index (χ0) is 7.84. The van der Waals surface area contributed by atoms with Crippen LogP contribution in [0.25, 0.3) is 0 Å². The molecule has 0 radical (unpaired) electrons. The van der Waals surface area contributed by atoms with Crippen LogP contribution in [0.4, 0.5) is 11.9 Å². The summed E-state index contributed by atoms with van der Waals surface area (Å²) in [6.45, 7) is 0. The van der Waals surface area contributed by atoms with Crippen LogP contribution in [0, 0.1) is 0 Å². The Kier molecular flexibility index (Phi) is 1.18. The van der Waals surface area contributed by atoms with Crippen LogP contribution in [0.3, 0.4) is 0 Å². The molecule has 1 aromatic heterocycles. The van der Waals surface area contributed by atoms with Gasteiger partial charge in [0.1, 0.15) is 5.82 Å². The van der Waals surface area contributed by atoms with Crippen LogP contribution in [0.5, 0.6) is 0 Å². The van der Waals surface area contributed by atoms with Gasteiger partial charge in [0.05, 0.1) is 0 Å². The van der Waals surface area contributed by atoms with Crippen molar-refractivity contribution >= 4 is 11.9 Å². The number of anilines is 2. The number of aromatic nitrogens is 3. The van der Waals surface area contributed by atoms with E-state index < -0.39 is 0 Å². The van der Waals surface area contributed by atoms with Crippen molar-refractivity contribution in [2.75, 3.05) is 11.5 Å². The average Bonchev–Trinajstić information content (AvgIpc) is 2.64. The van der Waals surface area contributed by atoms with Crippen LogP contribution in [-0.4, -0.2) is 15.0 Å². The Hall–Kier alpha value is -1.39. The fourth-order valence-electron chi connectivity index (χ4n) is 0.951. The first-order valence-electron chi connectivity index (χ1n) is 3.52. The van der Waals surface area contributed by atoms with E-state index in [0.717, 1.165) is 18.7 Å². The summed E-state index contributed by atoms with van der Waals surface area (Å²) in [7, 11) is 0. The van der Waals surface area contributed by atoms with Crippen molar-refractivity contribution in [3.8, 4) is 0 Å². The second-order valence-electron chi connectivity index (χ2n) is 2.68. The van der Waals surface area contributed by atoms with Crippen molar-refractivity contribution in [3.63, 3.8) is 0 Å². The van der Waals surface area contributed by atoms with Crippen LogP contribution in [0.2, 0.25) is 0 Å². The van der Waals surface area contributed by atoms with Gasteiger partial charge in [-0.2, -0.15) is 15.0 Å². The monoisotopic (exact) mass is 151 g/mol. The summed E-state index contributed by atoms with van der Waals surface area (Å²) < 4.78 is 0. The van der Waals surface area contributed by atoms with Crippen molar-refractivity contribution in [1.29, 1.82) is 0 Å². The molecule has 1 aromatic rings. The number of hydrogen-bond acceptors (Lipinski definition) is 5. The van der Waals surface area contributed by atoms with Crippen LogP contribution in [0.15, 0.2) is 0 Å². The third-order valence-corrected chi connectivity index (χ3v) is 1.63. The highest BCUT2D eigenvalue weighted by atomic mass is 15.1. The standard InChI is InChI=1S/C6H9N5/c7-5-9-4(3-1-2-3)10-6(8)11-5/h3H,1-2H2,(H4,7,8,9,10,11). The van der Waals surface area contributed by atoms with Gasteiger partial charge in [0.2, 0.25) is 11.9 Å². The molecule has 5 heteroatoms. The third kappa shape index (κ3) is 1.21. The van der Waals surface area contributed by atoms with E-state index in [-0.39, 0.29) is 11.9 Å². The van der Waals surface area contributed by atoms with Gasteiger partial charge < -0.3 is 11.5 Å². The summed E-state index contributed by atoms with van der Waals surface area (Å²) in [5.74, 6) is 1.66. The molecular formula is C6H9N5. The van der Waals surface area contributed by atoms with Crippen LogP contribution >= 0.6 is 0 Å². The molecule has 2 rings (SSSR count). The molecule has 58 valence electrons. The fraction of sp³-hybridized carbons (Fsp3) is 0.500. The summed E-state index contributed by atoms with van der Waals surface area (Å²) in [6, 6.07) is 0. The van der Waals surface area contributed by atoms with E-state index in [4.69, 9.17) is 11.5 Å². The summed E-state index contributed by atoms with van der Waals surface area (Å²) in [4.78, 5) is 11.6. The van der Waals surface area contributed by atoms with Gasteiger partial charge in [0.25, 0.3) is 0 Å². The predicted octanol–water partition coefficient (Wildman–Crippen LogP) is -0.0866. The van der Waals surface area contributed by atoms with Gasteiger partial charge in [-0.05, 0) is 12.8 Å². The normalized spacial score (nSPS) is 16.7. The topological polar surface area (TPSA) is 90.7 Å². The molecule has 1 heterocycles. The fourth-order valence-corrected chi connectivity index (χ4v) is 0.951. The zero-order valence-electron chi connectivity index (χ0n) is 5.99. The van der Waals surface area contributed by atoms with Crippen molar-refractivity contribution in [2.45, 2.75) is 18.8 Å². The van der Waals surface area contributed by atoms with Crippen molar-refractivity contribution in [3.05, 3.63) is 5.82 Å². The Morgan fingerprint density at radius 3 is 2.00 bits per heavy atom. The van der Waals surface area contributed by atoms with Gasteiger partial charge in [0, 0.05) is 5.92 Å².